The van der Waals surface area contributed by atoms with Gasteiger partial charge in [0.1, 0.15) is 18.1 Å². The lowest BCUT2D eigenvalue weighted by atomic mass is 10.3. The van der Waals surface area contributed by atoms with Crippen LogP contribution in [0.4, 0.5) is 0 Å². The number of amides is 1. The van der Waals surface area contributed by atoms with Crippen molar-refractivity contribution in [1.29, 1.82) is 0 Å². The van der Waals surface area contributed by atoms with Gasteiger partial charge in [0.05, 0.1) is 17.3 Å². The summed E-state index contributed by atoms with van der Waals surface area (Å²) in [6, 6.07) is 12.9. The molecule has 0 atom stereocenters. The molecule has 3 aromatic rings. The molecule has 0 spiro atoms. The minimum absolute atomic E-state index is 0.192. The van der Waals surface area contributed by atoms with Crippen LogP contribution in [0, 0.1) is 13.8 Å². The molecule has 28 heavy (non-hydrogen) atoms. The normalized spacial score (nSPS) is 10.8. The predicted molar refractivity (Wildman–Crippen MR) is 112 cm³/mol. The Balaban J connectivity index is 1.69. The maximum Gasteiger partial charge on any atom is 0.273 e. The molecule has 1 amide bonds. The van der Waals surface area contributed by atoms with Gasteiger partial charge in [0.2, 0.25) is 0 Å². The molecule has 0 aliphatic heterocycles. The van der Waals surface area contributed by atoms with E-state index in [1.165, 1.54) is 4.90 Å². The van der Waals surface area contributed by atoms with Crippen molar-refractivity contribution in [2.45, 2.75) is 13.8 Å². The van der Waals surface area contributed by atoms with Crippen molar-refractivity contribution in [1.82, 2.24) is 19.7 Å². The van der Waals surface area contributed by atoms with Crippen molar-refractivity contribution in [3.8, 4) is 11.6 Å². The largest absolute Gasteiger partial charge is 0.492 e. The Bertz CT molecular complexity index is 988. The van der Waals surface area contributed by atoms with Crippen LogP contribution < -0.4 is 4.74 Å². The molecule has 2 aromatic heterocycles. The van der Waals surface area contributed by atoms with Crippen LogP contribution in [0.1, 0.15) is 21.9 Å². The molecular weight excluding hydrogens is 444 g/mol. The van der Waals surface area contributed by atoms with Gasteiger partial charge in [0.25, 0.3) is 5.91 Å². The lowest BCUT2D eigenvalue weighted by Crippen LogP contribution is -2.32. The Labute approximate surface area is 177 Å². The van der Waals surface area contributed by atoms with Crippen molar-refractivity contribution < 1.29 is 9.53 Å². The van der Waals surface area contributed by atoms with Gasteiger partial charge in [-0.05, 0) is 56.3 Å². The number of carbonyl (C=O) groups excluding carboxylic acids is 1. The van der Waals surface area contributed by atoms with Gasteiger partial charge in [-0.3, -0.25) is 4.79 Å². The number of rotatable bonds is 6. The molecule has 0 saturated heterocycles. The highest BCUT2D eigenvalue weighted by molar-refractivity contribution is 9.10. The molecule has 0 aliphatic carbocycles. The molecule has 0 N–H and O–H groups in total. The van der Waals surface area contributed by atoms with Gasteiger partial charge < -0.3 is 9.64 Å². The Hall–Kier alpha value is -2.38. The van der Waals surface area contributed by atoms with E-state index in [0.717, 1.165) is 21.6 Å². The van der Waals surface area contributed by atoms with E-state index in [1.54, 1.807) is 23.9 Å². The summed E-state index contributed by atoms with van der Waals surface area (Å²) in [4.78, 5) is 18.8. The van der Waals surface area contributed by atoms with E-state index >= 15 is 0 Å². The van der Waals surface area contributed by atoms with E-state index in [-0.39, 0.29) is 11.6 Å². The third-order valence-electron chi connectivity index (χ3n) is 4.12. The molecule has 3 rings (SSSR count). The first-order valence-electron chi connectivity index (χ1n) is 8.69. The number of nitrogens with zero attached hydrogens (tertiary/aromatic N) is 4. The number of halogens is 2. The van der Waals surface area contributed by atoms with E-state index in [1.807, 2.05) is 44.2 Å². The average molecular weight is 464 g/mol. The van der Waals surface area contributed by atoms with Crippen molar-refractivity contribution in [3.63, 3.8) is 0 Å². The van der Waals surface area contributed by atoms with Crippen molar-refractivity contribution in [3.05, 3.63) is 69.0 Å². The third kappa shape index (κ3) is 4.72. The fourth-order valence-corrected chi connectivity index (χ4v) is 3.12. The molecule has 0 radical (unpaired) electrons. The van der Waals surface area contributed by atoms with E-state index in [2.05, 4.69) is 26.0 Å². The summed E-state index contributed by atoms with van der Waals surface area (Å²) in [6.07, 6.45) is 0. The molecule has 0 saturated carbocycles. The summed E-state index contributed by atoms with van der Waals surface area (Å²) in [6.45, 7) is 4.60. The van der Waals surface area contributed by atoms with Crippen molar-refractivity contribution in [2.75, 3.05) is 20.2 Å². The van der Waals surface area contributed by atoms with E-state index in [0.29, 0.717) is 24.0 Å². The number of pyridine rings is 1. The van der Waals surface area contributed by atoms with Gasteiger partial charge in [0, 0.05) is 17.2 Å². The monoisotopic (exact) mass is 462 g/mol. The van der Waals surface area contributed by atoms with E-state index in [9.17, 15) is 4.79 Å². The zero-order valence-electron chi connectivity index (χ0n) is 15.8. The Morgan fingerprint density at radius 1 is 1.21 bits per heavy atom. The molecule has 2 heterocycles. The first-order chi connectivity index (χ1) is 13.3. The summed E-state index contributed by atoms with van der Waals surface area (Å²) < 4.78 is 8.35. The van der Waals surface area contributed by atoms with Crippen LogP contribution in [0.3, 0.4) is 0 Å². The van der Waals surface area contributed by atoms with Crippen LogP contribution in [-0.4, -0.2) is 45.8 Å². The molecule has 8 heteroatoms. The molecule has 146 valence electrons. The molecule has 0 unspecified atom stereocenters. The highest BCUT2D eigenvalue weighted by Gasteiger charge is 2.19. The molecule has 6 nitrogen and oxygen atoms in total. The van der Waals surface area contributed by atoms with Crippen LogP contribution in [0.25, 0.3) is 5.82 Å². The Morgan fingerprint density at radius 3 is 2.57 bits per heavy atom. The minimum atomic E-state index is -0.271. The zero-order valence-corrected chi connectivity index (χ0v) is 18.2. The quantitative estimate of drug-likeness (QED) is 0.542. The van der Waals surface area contributed by atoms with E-state index < -0.39 is 0 Å². The summed E-state index contributed by atoms with van der Waals surface area (Å²) in [5.74, 6) is 1.03. The number of hydrogen-bond acceptors (Lipinski definition) is 4. The molecule has 0 fully saturated rings. The number of ether oxygens (including phenoxy) is 1. The Morgan fingerprint density at radius 2 is 1.93 bits per heavy atom. The number of aryl methyl sites for hydroxylation is 2. The first kappa shape index (κ1) is 20.4. The van der Waals surface area contributed by atoms with Gasteiger partial charge in [-0.1, -0.05) is 27.5 Å². The number of likely N-dealkylation sites (N-methyl/N-ethyl adjacent to an activating group) is 1. The fraction of sp³-hybridized carbons (Fsp3) is 0.250. The molecule has 1 aromatic carbocycles. The first-order valence-corrected chi connectivity index (χ1v) is 9.86. The topological polar surface area (TPSA) is 60.2 Å². The van der Waals surface area contributed by atoms with Crippen LogP contribution >= 0.6 is 27.5 Å². The second-order valence-corrected chi connectivity index (χ2v) is 7.69. The minimum Gasteiger partial charge on any atom is -0.492 e. The standard InChI is InChI=1S/C20H20BrClN4O2/c1-13-12-14(2)26(24-13)18-9-8-17(22)19(23-18)20(27)25(3)10-11-28-16-6-4-15(21)5-7-16/h4-9,12H,10-11H2,1-3H3. The zero-order chi connectivity index (χ0) is 20.3. The average Bonchev–Trinajstić information content (AvgIpc) is 3.01. The smallest absolute Gasteiger partial charge is 0.273 e. The van der Waals surface area contributed by atoms with Crippen molar-refractivity contribution >= 4 is 33.4 Å². The Kier molecular flexibility index (Phi) is 6.36. The summed E-state index contributed by atoms with van der Waals surface area (Å²) in [7, 11) is 1.70. The maximum atomic E-state index is 12.8. The second-order valence-electron chi connectivity index (χ2n) is 6.37. The van der Waals surface area contributed by atoms with Crippen LogP contribution in [0.2, 0.25) is 5.02 Å². The summed E-state index contributed by atoms with van der Waals surface area (Å²) in [5, 5.41) is 4.71. The van der Waals surface area contributed by atoms with Crippen LogP contribution in [0.5, 0.6) is 5.75 Å². The van der Waals surface area contributed by atoms with Gasteiger partial charge in [0.15, 0.2) is 5.82 Å². The summed E-state index contributed by atoms with van der Waals surface area (Å²) in [5.41, 5.74) is 2.00. The molecule has 0 bridgehead atoms. The third-order valence-corrected chi connectivity index (χ3v) is 4.95. The maximum absolute atomic E-state index is 12.8. The second kappa shape index (κ2) is 8.75. The van der Waals surface area contributed by atoms with Gasteiger partial charge in [-0.25, -0.2) is 9.67 Å². The predicted octanol–water partition coefficient (Wildman–Crippen LogP) is 4.45. The van der Waals surface area contributed by atoms with Crippen molar-refractivity contribution in [2.24, 2.45) is 0 Å². The number of hydrogen-bond donors (Lipinski definition) is 0. The van der Waals surface area contributed by atoms with Gasteiger partial charge >= 0.3 is 0 Å². The van der Waals surface area contributed by atoms with E-state index in [4.69, 9.17) is 16.3 Å². The number of aromatic nitrogens is 3. The number of benzene rings is 1. The summed E-state index contributed by atoms with van der Waals surface area (Å²) >= 11 is 9.62. The highest BCUT2D eigenvalue weighted by atomic mass is 79.9. The fourth-order valence-electron chi connectivity index (χ4n) is 2.67. The SMILES string of the molecule is Cc1cc(C)n(-c2ccc(Cl)c(C(=O)N(C)CCOc3ccc(Br)cc3)n2)n1. The number of carbonyl (C=O) groups is 1. The van der Waals surface area contributed by atoms with Gasteiger partial charge in [-0.2, -0.15) is 5.10 Å². The molecular formula is C20H20BrClN4O2. The lowest BCUT2D eigenvalue weighted by molar-refractivity contribution is 0.0768. The lowest BCUT2D eigenvalue weighted by Gasteiger charge is -2.18. The molecule has 0 aliphatic rings. The van der Waals surface area contributed by atoms with Crippen LogP contribution in [0.15, 0.2) is 46.9 Å². The van der Waals surface area contributed by atoms with Crippen LogP contribution in [-0.2, 0) is 0 Å². The van der Waals surface area contributed by atoms with Gasteiger partial charge in [-0.15, -0.1) is 0 Å². The highest BCUT2D eigenvalue weighted by Crippen LogP contribution is 2.19.